The Hall–Kier alpha value is -3.60. The Kier molecular flexibility index (Phi) is 5.27. The standard InChI is InChI=1S/C19H18F2N6O3/c20-12-5-3-11(4-6-12)15(9-28)22-19-16(27(29)30)7-13(21)18(24-19)23-17-8-14(25-26-17)10-1-2-10/h3-8,10,15,28H,1-2,9H2,(H3,22,23,24,25,26)/t15-/m0/s1. The van der Waals surface area contributed by atoms with Crippen LogP contribution in [0.25, 0.3) is 0 Å². The molecule has 0 saturated heterocycles. The van der Waals surface area contributed by atoms with Crippen molar-refractivity contribution in [2.24, 2.45) is 0 Å². The minimum Gasteiger partial charge on any atom is -0.394 e. The average molecular weight is 416 g/mol. The molecule has 1 saturated carbocycles. The maximum atomic E-state index is 14.5. The second-order valence-corrected chi connectivity index (χ2v) is 6.98. The smallest absolute Gasteiger partial charge is 0.314 e. The Morgan fingerprint density at radius 3 is 2.60 bits per heavy atom. The minimum atomic E-state index is -0.925. The van der Waals surface area contributed by atoms with E-state index in [4.69, 9.17) is 0 Å². The number of anilines is 3. The van der Waals surface area contributed by atoms with Crippen LogP contribution in [0.1, 0.15) is 36.1 Å². The molecule has 3 aromatic rings. The van der Waals surface area contributed by atoms with Gasteiger partial charge in [0.1, 0.15) is 5.82 Å². The Balaban J connectivity index is 1.63. The second kappa shape index (κ2) is 8.03. The van der Waals surface area contributed by atoms with E-state index in [0.29, 0.717) is 17.3 Å². The Bertz CT molecular complexity index is 1070. The van der Waals surface area contributed by atoms with Gasteiger partial charge >= 0.3 is 5.69 Å². The Morgan fingerprint density at radius 1 is 1.23 bits per heavy atom. The summed E-state index contributed by atoms with van der Waals surface area (Å²) in [6.45, 7) is -0.450. The molecule has 4 rings (SSSR count). The van der Waals surface area contributed by atoms with Gasteiger partial charge in [0, 0.05) is 17.7 Å². The van der Waals surface area contributed by atoms with E-state index in [1.165, 1.54) is 24.3 Å². The van der Waals surface area contributed by atoms with Gasteiger partial charge in [-0.2, -0.15) is 5.10 Å². The predicted molar refractivity (Wildman–Crippen MR) is 105 cm³/mol. The summed E-state index contributed by atoms with van der Waals surface area (Å²) in [5, 5.41) is 33.5. The zero-order chi connectivity index (χ0) is 21.3. The molecule has 0 unspecified atom stereocenters. The number of H-pyrrole nitrogens is 1. The minimum absolute atomic E-state index is 0.245. The number of pyridine rings is 1. The van der Waals surface area contributed by atoms with Gasteiger partial charge in [-0.3, -0.25) is 15.2 Å². The number of aliphatic hydroxyl groups is 1. The molecule has 1 aromatic carbocycles. The lowest BCUT2D eigenvalue weighted by Crippen LogP contribution is -2.17. The number of hydrogen-bond donors (Lipinski definition) is 4. The average Bonchev–Trinajstić information content (AvgIpc) is 3.47. The van der Waals surface area contributed by atoms with Crippen LogP contribution in [0.3, 0.4) is 0 Å². The summed E-state index contributed by atoms with van der Waals surface area (Å²) in [7, 11) is 0. The highest BCUT2D eigenvalue weighted by atomic mass is 19.1. The zero-order valence-corrected chi connectivity index (χ0v) is 15.6. The third kappa shape index (κ3) is 4.20. The van der Waals surface area contributed by atoms with Crippen molar-refractivity contribution in [3.8, 4) is 0 Å². The van der Waals surface area contributed by atoms with Gasteiger partial charge in [0.25, 0.3) is 0 Å². The highest BCUT2D eigenvalue weighted by Gasteiger charge is 2.27. The van der Waals surface area contributed by atoms with Crippen molar-refractivity contribution in [3.63, 3.8) is 0 Å². The number of hydrogen-bond acceptors (Lipinski definition) is 7. The van der Waals surface area contributed by atoms with Crippen molar-refractivity contribution < 1.29 is 18.8 Å². The molecule has 156 valence electrons. The first kappa shape index (κ1) is 19.7. The van der Waals surface area contributed by atoms with Crippen LogP contribution in [0.5, 0.6) is 0 Å². The molecule has 1 aliphatic carbocycles. The van der Waals surface area contributed by atoms with Crippen molar-refractivity contribution in [3.05, 3.63) is 69.4 Å². The van der Waals surface area contributed by atoms with E-state index in [-0.39, 0.29) is 11.6 Å². The van der Waals surface area contributed by atoms with Gasteiger partial charge in [0.05, 0.1) is 23.6 Å². The highest BCUT2D eigenvalue weighted by molar-refractivity contribution is 5.64. The maximum absolute atomic E-state index is 14.5. The van der Waals surface area contributed by atoms with Crippen molar-refractivity contribution >= 4 is 23.1 Å². The Morgan fingerprint density at radius 2 is 1.97 bits per heavy atom. The lowest BCUT2D eigenvalue weighted by atomic mass is 10.1. The van der Waals surface area contributed by atoms with E-state index in [2.05, 4.69) is 25.8 Å². The van der Waals surface area contributed by atoms with E-state index in [1.54, 1.807) is 6.07 Å². The van der Waals surface area contributed by atoms with Crippen molar-refractivity contribution in [2.75, 3.05) is 17.2 Å². The molecule has 0 amide bonds. The molecule has 2 heterocycles. The van der Waals surface area contributed by atoms with Gasteiger partial charge in [0.2, 0.25) is 5.82 Å². The van der Waals surface area contributed by atoms with E-state index in [9.17, 15) is 24.0 Å². The quantitative estimate of drug-likeness (QED) is 0.325. The highest BCUT2D eigenvalue weighted by Crippen LogP contribution is 2.40. The molecule has 30 heavy (non-hydrogen) atoms. The number of rotatable bonds is 8. The van der Waals surface area contributed by atoms with E-state index < -0.39 is 34.9 Å². The van der Waals surface area contributed by atoms with E-state index in [1.807, 2.05) is 0 Å². The first-order valence-corrected chi connectivity index (χ1v) is 9.24. The topological polar surface area (TPSA) is 129 Å². The predicted octanol–water partition coefficient (Wildman–Crippen LogP) is 3.76. The number of nitrogens with zero attached hydrogens (tertiary/aromatic N) is 3. The van der Waals surface area contributed by atoms with Crippen LogP contribution in [-0.2, 0) is 0 Å². The lowest BCUT2D eigenvalue weighted by Gasteiger charge is -2.18. The molecular weight excluding hydrogens is 398 g/mol. The van der Waals surface area contributed by atoms with Crippen LogP contribution < -0.4 is 10.6 Å². The largest absolute Gasteiger partial charge is 0.394 e. The summed E-state index contributed by atoms with van der Waals surface area (Å²) in [5.74, 6) is -1.14. The lowest BCUT2D eigenvalue weighted by molar-refractivity contribution is -0.384. The summed E-state index contributed by atoms with van der Waals surface area (Å²) < 4.78 is 27.6. The van der Waals surface area contributed by atoms with Crippen LogP contribution in [0, 0.1) is 21.7 Å². The fraction of sp³-hybridized carbons (Fsp3) is 0.263. The number of aromatic nitrogens is 3. The van der Waals surface area contributed by atoms with Gasteiger partial charge in [-0.25, -0.2) is 13.8 Å². The second-order valence-electron chi connectivity index (χ2n) is 6.98. The number of aliphatic hydroxyl groups excluding tert-OH is 1. The van der Waals surface area contributed by atoms with Gasteiger partial charge in [-0.1, -0.05) is 12.1 Å². The normalized spacial score (nSPS) is 14.4. The van der Waals surface area contributed by atoms with Crippen LogP contribution in [-0.4, -0.2) is 31.8 Å². The SMILES string of the molecule is O=[N+]([O-])c1cc(F)c(Nc2cc(C3CC3)[nH]n2)nc1N[C@@H](CO)c1ccc(F)cc1. The molecule has 1 fully saturated rings. The third-order valence-electron chi connectivity index (χ3n) is 4.78. The maximum Gasteiger partial charge on any atom is 0.314 e. The van der Waals surface area contributed by atoms with Gasteiger partial charge < -0.3 is 15.7 Å². The van der Waals surface area contributed by atoms with Crippen molar-refractivity contribution in [1.29, 1.82) is 0 Å². The molecule has 0 spiro atoms. The molecule has 0 bridgehead atoms. The number of aromatic amines is 1. The van der Waals surface area contributed by atoms with E-state index in [0.717, 1.165) is 24.6 Å². The van der Waals surface area contributed by atoms with E-state index >= 15 is 0 Å². The Labute approximate surface area is 169 Å². The molecule has 0 radical (unpaired) electrons. The van der Waals surface area contributed by atoms with Crippen molar-refractivity contribution in [2.45, 2.75) is 24.8 Å². The fourth-order valence-electron chi connectivity index (χ4n) is 3.03. The van der Waals surface area contributed by atoms with Gasteiger partial charge in [0.15, 0.2) is 17.5 Å². The number of nitro groups is 1. The molecule has 1 aliphatic rings. The van der Waals surface area contributed by atoms with Crippen LogP contribution in [0.2, 0.25) is 0 Å². The molecule has 2 aromatic heterocycles. The molecule has 11 heteroatoms. The molecule has 1 atom stereocenters. The summed E-state index contributed by atoms with van der Waals surface area (Å²) in [6, 6.07) is 6.93. The summed E-state index contributed by atoms with van der Waals surface area (Å²) in [4.78, 5) is 14.6. The molecule has 0 aliphatic heterocycles. The number of halogens is 2. The number of benzene rings is 1. The van der Waals surface area contributed by atoms with Crippen LogP contribution >= 0.6 is 0 Å². The van der Waals surface area contributed by atoms with Crippen LogP contribution in [0.4, 0.5) is 31.9 Å². The van der Waals surface area contributed by atoms with Gasteiger partial charge in [-0.05, 0) is 30.5 Å². The number of nitrogens with one attached hydrogen (secondary N) is 3. The monoisotopic (exact) mass is 416 g/mol. The molecule has 4 N–H and O–H groups in total. The first-order valence-electron chi connectivity index (χ1n) is 9.24. The third-order valence-corrected chi connectivity index (χ3v) is 4.78. The molecular formula is C19H18F2N6O3. The van der Waals surface area contributed by atoms with Crippen molar-refractivity contribution in [1.82, 2.24) is 15.2 Å². The fourth-order valence-corrected chi connectivity index (χ4v) is 3.03. The molecule has 9 nitrogen and oxygen atoms in total. The van der Waals surface area contributed by atoms with Gasteiger partial charge in [-0.15, -0.1) is 0 Å². The first-order chi connectivity index (χ1) is 14.4. The summed E-state index contributed by atoms with van der Waals surface area (Å²) in [6.07, 6.45) is 2.12. The summed E-state index contributed by atoms with van der Waals surface area (Å²) >= 11 is 0. The summed E-state index contributed by atoms with van der Waals surface area (Å²) in [5.41, 5.74) is 0.810. The zero-order valence-electron chi connectivity index (χ0n) is 15.6. The van der Waals surface area contributed by atoms with Crippen LogP contribution in [0.15, 0.2) is 36.4 Å².